The molecule has 352 valence electrons. The molecule has 1 aromatic rings. The van der Waals surface area contributed by atoms with Crippen LogP contribution in [0.4, 0.5) is 0 Å². The third kappa shape index (κ3) is 42.2. The molecular weight excluding hydrogens is 765 g/mol. The lowest BCUT2D eigenvalue weighted by Crippen LogP contribution is -2.23. The molecule has 0 N–H and O–H groups in total. The second-order valence-corrected chi connectivity index (χ2v) is 18.5. The molecule has 0 saturated carbocycles. The van der Waals surface area contributed by atoms with Crippen molar-refractivity contribution in [2.45, 2.75) is 264 Å². The molecule has 0 aromatic heterocycles. The van der Waals surface area contributed by atoms with Crippen molar-refractivity contribution in [1.29, 1.82) is 0 Å². The van der Waals surface area contributed by atoms with E-state index in [1.54, 1.807) is 0 Å². The Morgan fingerprint density at radius 2 is 0.590 bits per heavy atom. The molecule has 0 radical (unpaired) electrons. The quantitative estimate of drug-likeness (QED) is 0.0363. The normalized spacial score (nSPS) is 11.4. The van der Waals surface area contributed by atoms with Crippen LogP contribution in [0.1, 0.15) is 257 Å². The maximum Gasteiger partial charge on any atom is 0.306 e. The highest BCUT2D eigenvalue weighted by atomic mass is 16.6. The van der Waals surface area contributed by atoms with Crippen LogP contribution in [-0.4, -0.2) is 42.7 Å². The van der Waals surface area contributed by atoms with Gasteiger partial charge in [0.2, 0.25) is 0 Å². The van der Waals surface area contributed by atoms with E-state index in [4.69, 9.17) is 18.9 Å². The van der Waals surface area contributed by atoms with Crippen LogP contribution in [0.3, 0.4) is 0 Å². The summed E-state index contributed by atoms with van der Waals surface area (Å²) in [6.07, 6.45) is 40.8. The Hall–Kier alpha value is -2.90. The van der Waals surface area contributed by atoms with Gasteiger partial charge < -0.3 is 18.9 Å². The van der Waals surface area contributed by atoms with Crippen LogP contribution in [0, 0.1) is 0 Å². The predicted molar refractivity (Wildman–Crippen MR) is 250 cm³/mol. The van der Waals surface area contributed by atoms with Crippen molar-refractivity contribution in [3.8, 4) is 0 Å². The van der Waals surface area contributed by atoms with Crippen LogP contribution in [0.15, 0.2) is 30.3 Å². The van der Waals surface area contributed by atoms with Gasteiger partial charge in [-0.3, -0.25) is 19.2 Å². The Morgan fingerprint density at radius 1 is 0.344 bits per heavy atom. The molecule has 0 heterocycles. The molecule has 0 fully saturated rings. The molecule has 0 spiro atoms. The highest BCUT2D eigenvalue weighted by Crippen LogP contribution is 2.17. The van der Waals surface area contributed by atoms with Crippen molar-refractivity contribution in [1.82, 2.24) is 0 Å². The average molecular weight is 857 g/mol. The summed E-state index contributed by atoms with van der Waals surface area (Å²) in [4.78, 5) is 47.7. The van der Waals surface area contributed by atoms with E-state index in [0.717, 1.165) is 56.9 Å². The molecule has 1 aromatic carbocycles. The summed E-state index contributed by atoms with van der Waals surface area (Å²) in [7, 11) is 0. The molecule has 8 heteroatoms. The van der Waals surface area contributed by atoms with Gasteiger partial charge in [0.25, 0.3) is 0 Å². The minimum absolute atomic E-state index is 0.0704. The van der Waals surface area contributed by atoms with Gasteiger partial charge in [-0.25, -0.2) is 0 Å². The zero-order valence-corrected chi connectivity index (χ0v) is 39.7. The maximum atomic E-state index is 12.0. The van der Waals surface area contributed by atoms with Gasteiger partial charge >= 0.3 is 23.9 Å². The Labute approximate surface area is 374 Å². The summed E-state index contributed by atoms with van der Waals surface area (Å²) >= 11 is 0. The summed E-state index contributed by atoms with van der Waals surface area (Å²) in [5.41, 5.74) is 0.660. The number of esters is 4. The van der Waals surface area contributed by atoms with Crippen molar-refractivity contribution < 1.29 is 38.1 Å². The van der Waals surface area contributed by atoms with Crippen molar-refractivity contribution in [2.24, 2.45) is 0 Å². The Balaban J connectivity index is 1.72. The van der Waals surface area contributed by atoms with Crippen LogP contribution in [0.5, 0.6) is 0 Å². The van der Waals surface area contributed by atoms with Gasteiger partial charge in [-0.2, -0.15) is 0 Å². The Morgan fingerprint density at radius 3 is 0.869 bits per heavy atom. The molecule has 61 heavy (non-hydrogen) atoms. The highest BCUT2D eigenvalue weighted by molar-refractivity contribution is 5.70. The highest BCUT2D eigenvalue weighted by Gasteiger charge is 2.15. The zero-order valence-electron chi connectivity index (χ0n) is 39.7. The van der Waals surface area contributed by atoms with Gasteiger partial charge in [-0.15, -0.1) is 0 Å². The van der Waals surface area contributed by atoms with Crippen molar-refractivity contribution in [3.63, 3.8) is 0 Å². The van der Waals surface area contributed by atoms with Gasteiger partial charge in [0.15, 0.2) is 0 Å². The van der Waals surface area contributed by atoms with Gasteiger partial charge in [-0.1, -0.05) is 210 Å². The standard InChI is InChI=1S/C53H92O8/c1-53(2,3)61-52(57)44-38-31-27-23-19-15-11-7-6-9-13-17-21-25-29-36-42-50(55)59-46-45-58-49(54)41-35-28-24-20-16-12-8-4-5-10-14-18-22-26-30-37-43-51(56)60-47-48-39-33-32-34-40-48/h32-34,39-40H,4-31,35-38,41-47H2,1-3H3. The first-order chi connectivity index (χ1) is 29.7. The molecule has 0 saturated heterocycles. The summed E-state index contributed by atoms with van der Waals surface area (Å²) in [6.45, 7) is 6.43. The van der Waals surface area contributed by atoms with Gasteiger partial charge in [-0.05, 0) is 52.0 Å². The van der Waals surface area contributed by atoms with Crippen LogP contribution in [0.25, 0.3) is 0 Å². The molecule has 0 atom stereocenters. The first-order valence-electron chi connectivity index (χ1n) is 25.4. The smallest absolute Gasteiger partial charge is 0.306 e. The summed E-state index contributed by atoms with van der Waals surface area (Å²) in [5, 5.41) is 0. The summed E-state index contributed by atoms with van der Waals surface area (Å²) in [6, 6.07) is 9.84. The predicted octanol–water partition coefficient (Wildman–Crippen LogP) is 15.2. The van der Waals surface area contributed by atoms with E-state index in [1.165, 1.54) is 154 Å². The molecule has 0 amide bonds. The van der Waals surface area contributed by atoms with Crippen molar-refractivity contribution in [3.05, 3.63) is 35.9 Å². The van der Waals surface area contributed by atoms with Crippen LogP contribution in [0.2, 0.25) is 0 Å². The van der Waals surface area contributed by atoms with Gasteiger partial charge in [0, 0.05) is 25.7 Å². The first kappa shape index (κ1) is 56.1. The SMILES string of the molecule is CC(C)(C)OC(=O)CCCCCCCCCCCCCCCCCCC(=O)OCCOC(=O)CCCCCCCCCCCCCCCCCCC(=O)OCc1ccccc1. The lowest BCUT2D eigenvalue weighted by Gasteiger charge is -2.19. The monoisotopic (exact) mass is 857 g/mol. The second kappa shape index (κ2) is 41.1. The number of rotatable bonds is 43. The van der Waals surface area contributed by atoms with Gasteiger partial charge in [0.1, 0.15) is 25.4 Å². The van der Waals surface area contributed by atoms with Crippen LogP contribution < -0.4 is 0 Å². The summed E-state index contributed by atoms with van der Waals surface area (Å²) < 4.78 is 21.2. The number of benzene rings is 1. The first-order valence-corrected chi connectivity index (χ1v) is 25.4. The van der Waals surface area contributed by atoms with E-state index in [0.29, 0.717) is 32.3 Å². The van der Waals surface area contributed by atoms with Crippen LogP contribution in [-0.2, 0) is 44.7 Å². The minimum Gasteiger partial charge on any atom is -0.462 e. The Kier molecular flexibility index (Phi) is 37.8. The van der Waals surface area contributed by atoms with E-state index < -0.39 is 0 Å². The molecule has 0 aliphatic carbocycles. The number of hydrogen-bond donors (Lipinski definition) is 0. The number of hydrogen-bond acceptors (Lipinski definition) is 8. The molecule has 0 aliphatic heterocycles. The maximum absolute atomic E-state index is 12.0. The lowest BCUT2D eigenvalue weighted by atomic mass is 10.0. The number of carbonyl (C=O) groups excluding carboxylic acids is 4. The topological polar surface area (TPSA) is 105 Å². The largest absolute Gasteiger partial charge is 0.462 e. The fourth-order valence-corrected chi connectivity index (χ4v) is 7.69. The third-order valence-electron chi connectivity index (χ3n) is 11.3. The molecule has 0 unspecified atom stereocenters. The number of unbranched alkanes of at least 4 members (excludes halogenated alkanes) is 30. The molecular formula is C53H92O8. The van der Waals surface area contributed by atoms with Crippen molar-refractivity contribution in [2.75, 3.05) is 13.2 Å². The molecule has 0 aliphatic rings. The van der Waals surface area contributed by atoms with E-state index >= 15 is 0 Å². The van der Waals surface area contributed by atoms with E-state index in [1.807, 2.05) is 51.1 Å². The minimum atomic E-state index is -0.377. The third-order valence-corrected chi connectivity index (χ3v) is 11.3. The van der Waals surface area contributed by atoms with E-state index in [-0.39, 0.29) is 42.7 Å². The van der Waals surface area contributed by atoms with Crippen LogP contribution >= 0.6 is 0 Å². The van der Waals surface area contributed by atoms with Crippen molar-refractivity contribution >= 4 is 23.9 Å². The van der Waals surface area contributed by atoms with E-state index in [9.17, 15) is 19.2 Å². The molecule has 0 bridgehead atoms. The van der Waals surface area contributed by atoms with Gasteiger partial charge in [0.05, 0.1) is 0 Å². The number of carbonyl (C=O) groups is 4. The van der Waals surface area contributed by atoms with E-state index in [2.05, 4.69) is 0 Å². The lowest BCUT2D eigenvalue weighted by molar-refractivity contribution is -0.155. The fraction of sp³-hybridized carbons (Fsp3) is 0.811. The zero-order chi connectivity index (χ0) is 44.3. The molecule has 8 nitrogen and oxygen atoms in total. The second-order valence-electron chi connectivity index (χ2n) is 18.5. The fourth-order valence-electron chi connectivity index (χ4n) is 7.69. The number of ether oxygens (including phenoxy) is 4. The molecule has 1 rings (SSSR count). The average Bonchev–Trinajstić information content (AvgIpc) is 3.23. The Bertz CT molecular complexity index is 1180. The summed E-state index contributed by atoms with van der Waals surface area (Å²) in [5.74, 6) is -0.538.